The molecule has 0 aliphatic carbocycles. The molecule has 2 rings (SSSR count). The summed E-state index contributed by atoms with van der Waals surface area (Å²) < 4.78 is 30.0. The Bertz CT molecular complexity index is 561. The van der Waals surface area contributed by atoms with Gasteiger partial charge < -0.3 is 10.1 Å². The lowest BCUT2D eigenvalue weighted by Gasteiger charge is -2.09. The fraction of sp³-hybridized carbons (Fsp3) is 0.273. The van der Waals surface area contributed by atoms with E-state index in [1.54, 1.807) is 24.0 Å². The summed E-state index contributed by atoms with van der Waals surface area (Å²) in [4.78, 5) is 0. The summed E-state index contributed by atoms with van der Waals surface area (Å²) >= 11 is 5.83. The second-order valence-electron chi connectivity index (χ2n) is 3.76. The third kappa shape index (κ3) is 3.78. The van der Waals surface area contributed by atoms with Gasteiger partial charge in [-0.05, 0) is 18.2 Å². The molecule has 0 bridgehead atoms. The van der Waals surface area contributed by atoms with Crippen LogP contribution in [0.3, 0.4) is 0 Å². The lowest BCUT2D eigenvalue weighted by molar-refractivity contribution is -0.0497. The van der Waals surface area contributed by atoms with Crippen molar-refractivity contribution >= 4 is 17.3 Å². The molecule has 0 atom stereocenters. The summed E-state index contributed by atoms with van der Waals surface area (Å²) in [5, 5.41) is 10.9. The Balaban J connectivity index is 1.99. The second-order valence-corrected chi connectivity index (χ2v) is 4.17. The molecule has 1 heterocycles. The number of nitrogens with zero attached hydrogens (tertiary/aromatic N) is 3. The fourth-order valence-electron chi connectivity index (χ4n) is 1.47. The van der Waals surface area contributed by atoms with Crippen LogP contribution in [0.5, 0.6) is 5.75 Å². The molecule has 0 spiro atoms. The van der Waals surface area contributed by atoms with Crippen LogP contribution in [0.25, 0.3) is 0 Å². The van der Waals surface area contributed by atoms with Gasteiger partial charge in [0.25, 0.3) is 0 Å². The molecule has 5 nitrogen and oxygen atoms in total. The van der Waals surface area contributed by atoms with Gasteiger partial charge in [-0.1, -0.05) is 16.8 Å². The molecule has 1 N–H and O–H groups in total. The smallest absolute Gasteiger partial charge is 0.387 e. The van der Waals surface area contributed by atoms with Crippen molar-refractivity contribution in [2.24, 2.45) is 7.05 Å². The molecule has 0 aliphatic rings. The molecular formula is C11H11ClF2N4O. The van der Waals surface area contributed by atoms with E-state index < -0.39 is 6.61 Å². The molecule has 0 saturated heterocycles. The van der Waals surface area contributed by atoms with Gasteiger partial charge in [-0.25, -0.2) is 0 Å². The van der Waals surface area contributed by atoms with Gasteiger partial charge in [-0.3, -0.25) is 4.68 Å². The van der Waals surface area contributed by atoms with Crippen LogP contribution in [0.4, 0.5) is 14.5 Å². The summed E-state index contributed by atoms with van der Waals surface area (Å²) in [5.41, 5.74) is 1.43. The highest BCUT2D eigenvalue weighted by Gasteiger charge is 2.09. The molecule has 0 saturated carbocycles. The van der Waals surface area contributed by atoms with E-state index in [1.807, 2.05) is 0 Å². The van der Waals surface area contributed by atoms with E-state index >= 15 is 0 Å². The minimum atomic E-state index is -2.89. The normalized spacial score (nSPS) is 10.8. The first kappa shape index (κ1) is 13.5. The average molecular weight is 289 g/mol. The number of ether oxygens (including phenoxy) is 1. The third-order valence-corrected chi connectivity index (χ3v) is 2.57. The van der Waals surface area contributed by atoms with Gasteiger partial charge in [0.15, 0.2) is 0 Å². The summed E-state index contributed by atoms with van der Waals surface area (Å²) in [5.74, 6) is -0.0540. The number of benzene rings is 1. The van der Waals surface area contributed by atoms with Crippen molar-refractivity contribution in [3.8, 4) is 5.75 Å². The van der Waals surface area contributed by atoms with Crippen molar-refractivity contribution in [1.29, 1.82) is 0 Å². The Morgan fingerprint density at radius 2 is 2.26 bits per heavy atom. The molecular weight excluding hydrogens is 278 g/mol. The van der Waals surface area contributed by atoms with Crippen molar-refractivity contribution in [1.82, 2.24) is 15.0 Å². The fourth-order valence-corrected chi connectivity index (χ4v) is 1.70. The molecule has 102 valence electrons. The SMILES string of the molecule is Cn1cc(CNc2ccc(OC(F)F)c(Cl)c2)nn1. The van der Waals surface area contributed by atoms with Crippen molar-refractivity contribution in [2.45, 2.75) is 13.2 Å². The minimum absolute atomic E-state index is 0.0540. The van der Waals surface area contributed by atoms with E-state index in [9.17, 15) is 8.78 Å². The van der Waals surface area contributed by atoms with E-state index in [0.717, 1.165) is 5.69 Å². The molecule has 0 amide bonds. The molecule has 0 radical (unpaired) electrons. The molecule has 19 heavy (non-hydrogen) atoms. The Labute approximate surface area is 113 Å². The number of alkyl halides is 2. The van der Waals surface area contributed by atoms with Crippen molar-refractivity contribution < 1.29 is 13.5 Å². The zero-order valence-electron chi connectivity index (χ0n) is 9.98. The van der Waals surface area contributed by atoms with Crippen LogP contribution in [-0.2, 0) is 13.6 Å². The molecule has 0 fully saturated rings. The quantitative estimate of drug-likeness (QED) is 0.919. The summed E-state index contributed by atoms with van der Waals surface area (Å²) in [6, 6.07) is 4.49. The zero-order chi connectivity index (χ0) is 13.8. The first-order valence-corrected chi connectivity index (χ1v) is 5.76. The minimum Gasteiger partial charge on any atom is -0.433 e. The Morgan fingerprint density at radius 3 is 2.84 bits per heavy atom. The van der Waals surface area contributed by atoms with Crippen LogP contribution in [0, 0.1) is 0 Å². The summed E-state index contributed by atoms with van der Waals surface area (Å²) in [7, 11) is 1.77. The number of rotatable bonds is 5. The monoisotopic (exact) mass is 288 g/mol. The molecule has 0 aliphatic heterocycles. The van der Waals surface area contributed by atoms with Gasteiger partial charge in [0.1, 0.15) is 11.4 Å². The lowest BCUT2D eigenvalue weighted by atomic mass is 10.3. The van der Waals surface area contributed by atoms with Gasteiger partial charge >= 0.3 is 6.61 Å². The largest absolute Gasteiger partial charge is 0.433 e. The van der Waals surface area contributed by atoms with Crippen LogP contribution < -0.4 is 10.1 Å². The highest BCUT2D eigenvalue weighted by atomic mass is 35.5. The van der Waals surface area contributed by atoms with E-state index in [4.69, 9.17) is 11.6 Å². The number of hydrogen-bond donors (Lipinski definition) is 1. The van der Waals surface area contributed by atoms with Gasteiger partial charge in [0.2, 0.25) is 0 Å². The van der Waals surface area contributed by atoms with Gasteiger partial charge in [-0.2, -0.15) is 8.78 Å². The van der Waals surface area contributed by atoms with E-state index in [0.29, 0.717) is 12.2 Å². The Morgan fingerprint density at radius 1 is 1.47 bits per heavy atom. The Hall–Kier alpha value is -1.89. The molecule has 1 aromatic heterocycles. The maximum absolute atomic E-state index is 12.1. The summed E-state index contributed by atoms with van der Waals surface area (Å²) in [6.45, 7) is -2.44. The van der Waals surface area contributed by atoms with Crippen LogP contribution in [0.2, 0.25) is 5.02 Å². The predicted molar refractivity (Wildman–Crippen MR) is 66.4 cm³/mol. The molecule has 0 unspecified atom stereocenters. The first-order valence-electron chi connectivity index (χ1n) is 5.38. The highest BCUT2D eigenvalue weighted by Crippen LogP contribution is 2.29. The first-order chi connectivity index (χ1) is 9.04. The van der Waals surface area contributed by atoms with Crippen molar-refractivity contribution in [3.05, 3.63) is 35.1 Å². The van der Waals surface area contributed by atoms with Crippen LogP contribution in [0.1, 0.15) is 5.69 Å². The number of anilines is 1. The number of hydrogen-bond acceptors (Lipinski definition) is 4. The van der Waals surface area contributed by atoms with Gasteiger partial charge in [0, 0.05) is 18.9 Å². The maximum Gasteiger partial charge on any atom is 0.387 e. The van der Waals surface area contributed by atoms with E-state index in [-0.39, 0.29) is 10.8 Å². The van der Waals surface area contributed by atoms with Crippen molar-refractivity contribution in [3.63, 3.8) is 0 Å². The summed E-state index contributed by atoms with van der Waals surface area (Å²) in [6.07, 6.45) is 1.77. The molecule has 1 aromatic carbocycles. The highest BCUT2D eigenvalue weighted by molar-refractivity contribution is 6.32. The van der Waals surface area contributed by atoms with Crippen molar-refractivity contribution in [2.75, 3.05) is 5.32 Å². The number of nitrogens with one attached hydrogen (secondary N) is 1. The Kier molecular flexibility index (Phi) is 4.16. The molecule has 2 aromatic rings. The predicted octanol–water partition coefficient (Wildman–Crippen LogP) is 2.68. The van der Waals surface area contributed by atoms with Gasteiger partial charge in [0.05, 0.1) is 11.6 Å². The van der Waals surface area contributed by atoms with Gasteiger partial charge in [-0.15, -0.1) is 5.10 Å². The van der Waals surface area contributed by atoms with Crippen LogP contribution >= 0.6 is 11.6 Å². The van der Waals surface area contributed by atoms with Crippen LogP contribution in [-0.4, -0.2) is 21.6 Å². The lowest BCUT2D eigenvalue weighted by Crippen LogP contribution is -2.03. The van der Waals surface area contributed by atoms with Crippen LogP contribution in [0.15, 0.2) is 24.4 Å². The average Bonchev–Trinajstić information content (AvgIpc) is 2.75. The third-order valence-electron chi connectivity index (χ3n) is 2.27. The standard InChI is InChI=1S/C11H11ClF2N4O/c1-18-6-8(16-17-18)5-15-7-2-3-10(9(12)4-7)19-11(13)14/h2-4,6,11,15H,5H2,1H3. The number of aryl methyl sites for hydroxylation is 1. The molecule has 8 heteroatoms. The van der Waals surface area contributed by atoms with E-state index in [1.165, 1.54) is 12.1 Å². The second kappa shape index (κ2) is 5.83. The zero-order valence-corrected chi connectivity index (χ0v) is 10.7. The maximum atomic E-state index is 12.1. The number of aromatic nitrogens is 3. The topological polar surface area (TPSA) is 52.0 Å². The van der Waals surface area contributed by atoms with E-state index in [2.05, 4.69) is 20.4 Å². The number of halogens is 3.